The maximum atomic E-state index is 12.5. The molecule has 24 heavy (non-hydrogen) atoms. The molecule has 2 aromatic heterocycles. The first-order chi connectivity index (χ1) is 11.6. The van der Waals surface area contributed by atoms with Crippen LogP contribution in [0.4, 0.5) is 16.4 Å². The molecular formula is C16H23N7O. The van der Waals surface area contributed by atoms with Gasteiger partial charge in [0.05, 0.1) is 17.1 Å². The van der Waals surface area contributed by atoms with Crippen molar-refractivity contribution in [1.29, 1.82) is 0 Å². The smallest absolute Gasteiger partial charge is 0.322 e. The molecule has 3 rings (SSSR count). The van der Waals surface area contributed by atoms with Crippen LogP contribution in [0.15, 0.2) is 18.5 Å². The Kier molecular flexibility index (Phi) is 4.64. The molecule has 0 aromatic carbocycles. The SMILES string of the molecule is CCn1nc(C)c(NC(=O)N2CCN(c3ncccn3)CC2)c1C. The summed E-state index contributed by atoms with van der Waals surface area (Å²) in [5, 5.41) is 7.45. The van der Waals surface area contributed by atoms with E-state index in [0.29, 0.717) is 19.0 Å². The van der Waals surface area contributed by atoms with Crippen LogP contribution in [0.1, 0.15) is 18.3 Å². The van der Waals surface area contributed by atoms with Crippen molar-refractivity contribution < 1.29 is 4.79 Å². The van der Waals surface area contributed by atoms with E-state index in [1.165, 1.54) is 0 Å². The number of carbonyl (C=O) groups excluding carboxylic acids is 1. The number of nitrogens with zero attached hydrogens (tertiary/aromatic N) is 6. The maximum Gasteiger partial charge on any atom is 0.322 e. The van der Waals surface area contributed by atoms with Gasteiger partial charge in [0.15, 0.2) is 0 Å². The summed E-state index contributed by atoms with van der Waals surface area (Å²) in [7, 11) is 0. The number of hydrogen-bond donors (Lipinski definition) is 1. The van der Waals surface area contributed by atoms with Crippen LogP contribution < -0.4 is 10.2 Å². The summed E-state index contributed by atoms with van der Waals surface area (Å²) in [6.45, 7) is 9.46. The number of anilines is 2. The first-order valence-electron chi connectivity index (χ1n) is 8.22. The van der Waals surface area contributed by atoms with E-state index in [2.05, 4.69) is 25.3 Å². The zero-order valence-electron chi connectivity index (χ0n) is 14.4. The van der Waals surface area contributed by atoms with Gasteiger partial charge in [-0.3, -0.25) is 4.68 Å². The lowest BCUT2D eigenvalue weighted by Gasteiger charge is -2.34. The highest BCUT2D eigenvalue weighted by Gasteiger charge is 2.24. The summed E-state index contributed by atoms with van der Waals surface area (Å²) in [5.41, 5.74) is 2.65. The van der Waals surface area contributed by atoms with E-state index in [9.17, 15) is 4.79 Å². The standard InChI is InChI=1S/C16H23N7O/c1-4-23-13(3)14(12(2)20-23)19-16(24)22-10-8-21(9-11-22)15-17-6-5-7-18-15/h5-7H,4,8-11H2,1-3H3,(H,19,24). The van der Waals surface area contributed by atoms with Gasteiger partial charge >= 0.3 is 6.03 Å². The summed E-state index contributed by atoms with van der Waals surface area (Å²) >= 11 is 0. The van der Waals surface area contributed by atoms with Crippen LogP contribution in [-0.4, -0.2) is 56.9 Å². The van der Waals surface area contributed by atoms with Crippen molar-refractivity contribution in [3.8, 4) is 0 Å². The van der Waals surface area contributed by atoms with Crippen molar-refractivity contribution in [2.45, 2.75) is 27.3 Å². The fraction of sp³-hybridized carbons (Fsp3) is 0.500. The third kappa shape index (κ3) is 3.17. The predicted molar refractivity (Wildman–Crippen MR) is 92.2 cm³/mol. The Morgan fingerprint density at radius 2 is 1.83 bits per heavy atom. The van der Waals surface area contributed by atoms with Gasteiger partial charge in [-0.1, -0.05) is 0 Å². The molecular weight excluding hydrogens is 306 g/mol. The quantitative estimate of drug-likeness (QED) is 0.926. The van der Waals surface area contributed by atoms with Crippen molar-refractivity contribution in [2.24, 2.45) is 0 Å². The molecule has 128 valence electrons. The largest absolute Gasteiger partial charge is 0.337 e. The number of aromatic nitrogens is 4. The van der Waals surface area contributed by atoms with Gasteiger partial charge in [0.2, 0.25) is 5.95 Å². The van der Waals surface area contributed by atoms with Crippen LogP contribution in [0.3, 0.4) is 0 Å². The molecule has 0 radical (unpaired) electrons. The molecule has 0 spiro atoms. The van der Waals surface area contributed by atoms with Crippen LogP contribution in [0, 0.1) is 13.8 Å². The molecule has 0 aliphatic carbocycles. The lowest BCUT2D eigenvalue weighted by molar-refractivity contribution is 0.208. The van der Waals surface area contributed by atoms with E-state index in [0.717, 1.165) is 36.7 Å². The molecule has 1 aliphatic rings. The van der Waals surface area contributed by atoms with Gasteiger partial charge in [0.1, 0.15) is 0 Å². The van der Waals surface area contributed by atoms with Gasteiger partial charge in [-0.05, 0) is 26.8 Å². The minimum absolute atomic E-state index is 0.0783. The molecule has 1 saturated heterocycles. The minimum atomic E-state index is -0.0783. The topological polar surface area (TPSA) is 79.2 Å². The van der Waals surface area contributed by atoms with E-state index in [-0.39, 0.29) is 6.03 Å². The maximum absolute atomic E-state index is 12.5. The highest BCUT2D eigenvalue weighted by Crippen LogP contribution is 2.20. The average Bonchev–Trinajstić information content (AvgIpc) is 2.90. The third-order valence-electron chi connectivity index (χ3n) is 4.31. The fourth-order valence-electron chi connectivity index (χ4n) is 2.94. The number of carbonyl (C=O) groups is 1. The molecule has 0 bridgehead atoms. The first kappa shape index (κ1) is 16.2. The summed E-state index contributed by atoms with van der Waals surface area (Å²) < 4.78 is 1.90. The van der Waals surface area contributed by atoms with Crippen LogP contribution in [0.2, 0.25) is 0 Å². The highest BCUT2D eigenvalue weighted by molar-refractivity contribution is 5.90. The zero-order chi connectivity index (χ0) is 17.1. The number of nitrogens with one attached hydrogen (secondary N) is 1. The molecule has 8 heteroatoms. The Bertz CT molecular complexity index is 705. The normalized spacial score (nSPS) is 14.8. The van der Waals surface area contributed by atoms with Crippen LogP contribution in [0.5, 0.6) is 0 Å². The number of piperazine rings is 1. The Labute approximate surface area is 141 Å². The van der Waals surface area contributed by atoms with Crippen LogP contribution >= 0.6 is 0 Å². The average molecular weight is 329 g/mol. The monoisotopic (exact) mass is 329 g/mol. The van der Waals surface area contributed by atoms with Gasteiger partial charge < -0.3 is 15.1 Å². The molecule has 2 aromatic rings. The number of urea groups is 1. The summed E-state index contributed by atoms with van der Waals surface area (Å²) in [4.78, 5) is 25.0. The lowest BCUT2D eigenvalue weighted by Crippen LogP contribution is -2.50. The second-order valence-corrected chi connectivity index (χ2v) is 5.81. The minimum Gasteiger partial charge on any atom is -0.337 e. The van der Waals surface area contributed by atoms with Crippen LogP contribution in [-0.2, 0) is 6.54 Å². The second kappa shape index (κ2) is 6.86. The number of rotatable bonds is 3. The van der Waals surface area contributed by atoms with Gasteiger partial charge in [-0.2, -0.15) is 5.10 Å². The molecule has 1 fully saturated rings. The Balaban J connectivity index is 1.61. The van der Waals surface area contributed by atoms with Crippen molar-refractivity contribution in [1.82, 2.24) is 24.6 Å². The van der Waals surface area contributed by atoms with E-state index < -0.39 is 0 Å². The number of hydrogen-bond acceptors (Lipinski definition) is 5. The van der Waals surface area contributed by atoms with E-state index in [1.54, 1.807) is 18.5 Å². The molecule has 1 aliphatic heterocycles. The van der Waals surface area contributed by atoms with Gasteiger partial charge in [-0.25, -0.2) is 14.8 Å². The van der Waals surface area contributed by atoms with E-state index in [1.807, 2.05) is 30.4 Å². The number of aryl methyl sites for hydroxylation is 2. The molecule has 3 heterocycles. The molecule has 8 nitrogen and oxygen atoms in total. The van der Waals surface area contributed by atoms with Gasteiger partial charge in [0.25, 0.3) is 0 Å². The summed E-state index contributed by atoms with van der Waals surface area (Å²) in [5.74, 6) is 0.716. The molecule has 1 N–H and O–H groups in total. The molecule has 0 saturated carbocycles. The zero-order valence-corrected chi connectivity index (χ0v) is 14.4. The first-order valence-corrected chi connectivity index (χ1v) is 8.22. The second-order valence-electron chi connectivity index (χ2n) is 5.81. The number of amides is 2. The Morgan fingerprint density at radius 3 is 2.42 bits per heavy atom. The molecule has 0 atom stereocenters. The van der Waals surface area contributed by atoms with E-state index in [4.69, 9.17) is 0 Å². The Morgan fingerprint density at radius 1 is 1.17 bits per heavy atom. The van der Waals surface area contributed by atoms with Crippen molar-refractivity contribution >= 4 is 17.7 Å². The van der Waals surface area contributed by atoms with Gasteiger partial charge in [-0.15, -0.1) is 0 Å². The summed E-state index contributed by atoms with van der Waals surface area (Å²) in [6.07, 6.45) is 3.47. The van der Waals surface area contributed by atoms with Gasteiger partial charge in [0, 0.05) is 45.1 Å². The van der Waals surface area contributed by atoms with Crippen molar-refractivity contribution in [2.75, 3.05) is 36.4 Å². The fourth-order valence-corrected chi connectivity index (χ4v) is 2.94. The van der Waals surface area contributed by atoms with Crippen LogP contribution in [0.25, 0.3) is 0 Å². The van der Waals surface area contributed by atoms with Crippen molar-refractivity contribution in [3.63, 3.8) is 0 Å². The Hall–Kier alpha value is -2.64. The molecule has 0 unspecified atom stereocenters. The van der Waals surface area contributed by atoms with E-state index >= 15 is 0 Å². The lowest BCUT2D eigenvalue weighted by atomic mass is 10.3. The predicted octanol–water partition coefficient (Wildman–Crippen LogP) is 1.66. The summed E-state index contributed by atoms with van der Waals surface area (Å²) in [6, 6.07) is 1.72. The van der Waals surface area contributed by atoms with Crippen molar-refractivity contribution in [3.05, 3.63) is 29.8 Å². The highest BCUT2D eigenvalue weighted by atomic mass is 16.2. The molecule has 2 amide bonds. The third-order valence-corrected chi connectivity index (χ3v) is 4.31.